The summed E-state index contributed by atoms with van der Waals surface area (Å²) >= 11 is 0. The monoisotopic (exact) mass is 254 g/mol. The summed E-state index contributed by atoms with van der Waals surface area (Å²) in [6.45, 7) is -0.937. The van der Waals surface area contributed by atoms with E-state index >= 15 is 0 Å². The third-order valence-electron chi connectivity index (χ3n) is 2.08. The van der Waals surface area contributed by atoms with Gasteiger partial charge in [0.25, 0.3) is 5.78 Å². The Hall–Kier alpha value is -1.10. The van der Waals surface area contributed by atoms with Crippen molar-refractivity contribution < 1.29 is 45.3 Å². The number of aliphatic hydroxyl groups excluding tert-OH is 6. The van der Waals surface area contributed by atoms with Crippen molar-refractivity contribution in [3.05, 3.63) is 0 Å². The van der Waals surface area contributed by atoms with Crippen LogP contribution in [-0.2, 0) is 9.59 Å². The van der Waals surface area contributed by atoms with Crippen LogP contribution < -0.4 is 0 Å². The second-order valence-corrected chi connectivity index (χ2v) is 3.34. The van der Waals surface area contributed by atoms with Crippen LogP contribution in [-0.4, -0.2) is 84.6 Å². The fraction of sp³-hybridized carbons (Fsp3) is 0.750. The average Bonchev–Trinajstić information content (AvgIpc) is 2.32. The van der Waals surface area contributed by atoms with Crippen LogP contribution in [0.25, 0.3) is 0 Å². The van der Waals surface area contributed by atoms with Gasteiger partial charge in [0.1, 0.15) is 24.4 Å². The van der Waals surface area contributed by atoms with Crippen molar-refractivity contribution >= 4 is 11.8 Å². The smallest absolute Gasteiger partial charge is 0.375 e. The highest BCUT2D eigenvalue weighted by Gasteiger charge is 2.38. The molecule has 0 aromatic carbocycles. The predicted octanol–water partition coefficient (Wildman–Crippen LogP) is -4.56. The van der Waals surface area contributed by atoms with E-state index in [0.29, 0.717) is 0 Å². The van der Waals surface area contributed by atoms with Gasteiger partial charge >= 0.3 is 5.97 Å². The van der Waals surface area contributed by atoms with E-state index in [1.165, 1.54) is 0 Å². The molecule has 0 fully saturated rings. The SMILES string of the molecule is O=C(O)C(=O)[C@@H](O)[C@@H](O)[C@H](O)[C@H](O)[C@@H](O)CO. The number of carboxylic acid groups (broad SMARTS) is 1. The van der Waals surface area contributed by atoms with Crippen molar-refractivity contribution in [2.45, 2.75) is 30.5 Å². The number of aliphatic carboxylic acids is 1. The summed E-state index contributed by atoms with van der Waals surface area (Å²) in [5.74, 6) is -3.80. The normalized spacial score (nSPS) is 20.1. The average molecular weight is 254 g/mol. The first-order valence-corrected chi connectivity index (χ1v) is 4.52. The number of carboxylic acids is 1. The molecule has 0 aromatic rings. The lowest BCUT2D eigenvalue weighted by Gasteiger charge is -2.27. The molecule has 17 heavy (non-hydrogen) atoms. The molecule has 100 valence electrons. The molecule has 0 heterocycles. The lowest BCUT2D eigenvalue weighted by molar-refractivity contribution is -0.166. The Kier molecular flexibility index (Phi) is 6.16. The van der Waals surface area contributed by atoms with Gasteiger partial charge in [0.15, 0.2) is 6.10 Å². The number of Topliss-reactive ketones (excluding diaryl/α,β-unsaturated/α-hetero) is 1. The van der Waals surface area contributed by atoms with Crippen molar-refractivity contribution in [3.8, 4) is 0 Å². The second kappa shape index (κ2) is 6.59. The van der Waals surface area contributed by atoms with E-state index in [1.54, 1.807) is 0 Å². The van der Waals surface area contributed by atoms with Gasteiger partial charge in [-0.3, -0.25) is 4.79 Å². The van der Waals surface area contributed by atoms with Gasteiger partial charge in [0.2, 0.25) is 0 Å². The van der Waals surface area contributed by atoms with Crippen molar-refractivity contribution in [2.24, 2.45) is 0 Å². The molecular weight excluding hydrogens is 240 g/mol. The fourth-order valence-corrected chi connectivity index (χ4v) is 1.01. The van der Waals surface area contributed by atoms with Crippen LogP contribution in [0.3, 0.4) is 0 Å². The van der Waals surface area contributed by atoms with Gasteiger partial charge in [-0.15, -0.1) is 0 Å². The Labute approximate surface area is 95.2 Å². The van der Waals surface area contributed by atoms with Crippen LogP contribution in [0.15, 0.2) is 0 Å². The number of carbonyl (C=O) groups is 2. The lowest BCUT2D eigenvalue weighted by atomic mass is 9.97. The van der Waals surface area contributed by atoms with Crippen LogP contribution >= 0.6 is 0 Å². The highest BCUT2D eigenvalue weighted by Crippen LogP contribution is 2.09. The zero-order chi connectivity index (χ0) is 13.7. The Morgan fingerprint density at radius 2 is 1.35 bits per heavy atom. The first-order chi connectivity index (χ1) is 7.73. The maximum Gasteiger partial charge on any atom is 0.375 e. The summed E-state index contributed by atoms with van der Waals surface area (Å²) in [4.78, 5) is 20.9. The van der Waals surface area contributed by atoms with Crippen LogP contribution in [0, 0.1) is 0 Å². The third kappa shape index (κ3) is 4.00. The van der Waals surface area contributed by atoms with E-state index in [2.05, 4.69) is 0 Å². The van der Waals surface area contributed by atoms with Crippen molar-refractivity contribution in [3.63, 3.8) is 0 Å². The molecular formula is C8H14O9. The first kappa shape index (κ1) is 15.9. The second-order valence-electron chi connectivity index (χ2n) is 3.34. The highest BCUT2D eigenvalue weighted by molar-refractivity contribution is 6.34. The van der Waals surface area contributed by atoms with Crippen molar-refractivity contribution in [1.29, 1.82) is 0 Å². The molecule has 0 saturated carbocycles. The molecule has 0 aliphatic rings. The minimum Gasteiger partial charge on any atom is -0.475 e. The number of hydrogen-bond donors (Lipinski definition) is 7. The number of carbonyl (C=O) groups excluding carboxylic acids is 1. The predicted molar refractivity (Wildman–Crippen MR) is 49.8 cm³/mol. The molecule has 7 N–H and O–H groups in total. The summed E-state index contributed by atoms with van der Waals surface area (Å²) in [6, 6.07) is 0. The molecule has 0 rings (SSSR count). The van der Waals surface area contributed by atoms with Gasteiger partial charge < -0.3 is 35.7 Å². The number of hydrogen-bond acceptors (Lipinski definition) is 8. The summed E-state index contributed by atoms with van der Waals surface area (Å²) in [5, 5.41) is 62.2. The molecule has 0 saturated heterocycles. The first-order valence-electron chi connectivity index (χ1n) is 4.52. The lowest BCUT2D eigenvalue weighted by Crippen LogP contribution is -2.52. The van der Waals surface area contributed by atoms with Gasteiger partial charge in [-0.1, -0.05) is 0 Å². The van der Waals surface area contributed by atoms with E-state index in [9.17, 15) is 19.8 Å². The minimum atomic E-state index is -2.46. The van der Waals surface area contributed by atoms with Crippen LogP contribution in [0.1, 0.15) is 0 Å². The molecule has 0 unspecified atom stereocenters. The molecule has 0 aliphatic carbocycles. The molecule has 0 bridgehead atoms. The molecule has 0 spiro atoms. The Morgan fingerprint density at radius 1 is 0.882 bits per heavy atom. The molecule has 0 aliphatic heterocycles. The van der Waals surface area contributed by atoms with Gasteiger partial charge in [0, 0.05) is 0 Å². The number of rotatable bonds is 7. The molecule has 9 heteroatoms. The van der Waals surface area contributed by atoms with Crippen molar-refractivity contribution in [1.82, 2.24) is 0 Å². The largest absolute Gasteiger partial charge is 0.475 e. The Bertz CT molecular complexity index is 278. The number of ketones is 1. The zero-order valence-electron chi connectivity index (χ0n) is 8.54. The molecule has 0 aromatic heterocycles. The number of aliphatic hydroxyl groups is 6. The van der Waals surface area contributed by atoms with Gasteiger partial charge in [-0.25, -0.2) is 4.79 Å². The quantitative estimate of drug-likeness (QED) is 0.220. The maximum atomic E-state index is 10.7. The molecule has 9 nitrogen and oxygen atoms in total. The van der Waals surface area contributed by atoms with E-state index in [4.69, 9.17) is 25.5 Å². The summed E-state index contributed by atoms with van der Waals surface area (Å²) in [6.07, 6.45) is -10.8. The maximum absolute atomic E-state index is 10.7. The summed E-state index contributed by atoms with van der Waals surface area (Å²) in [7, 11) is 0. The van der Waals surface area contributed by atoms with E-state index in [0.717, 1.165) is 0 Å². The molecule has 0 amide bonds. The van der Waals surface area contributed by atoms with Crippen LogP contribution in [0.4, 0.5) is 0 Å². The van der Waals surface area contributed by atoms with Crippen LogP contribution in [0.5, 0.6) is 0 Å². The highest BCUT2D eigenvalue weighted by atomic mass is 16.4. The van der Waals surface area contributed by atoms with Crippen LogP contribution in [0.2, 0.25) is 0 Å². The molecule has 5 atom stereocenters. The van der Waals surface area contributed by atoms with Crippen molar-refractivity contribution in [2.75, 3.05) is 6.61 Å². The summed E-state index contributed by atoms with van der Waals surface area (Å²) < 4.78 is 0. The van der Waals surface area contributed by atoms with E-state index < -0.39 is 48.9 Å². The molecule has 0 radical (unpaired) electrons. The summed E-state index contributed by atoms with van der Waals surface area (Å²) in [5.41, 5.74) is 0. The third-order valence-corrected chi connectivity index (χ3v) is 2.08. The minimum absolute atomic E-state index is 0.937. The van der Waals surface area contributed by atoms with E-state index in [-0.39, 0.29) is 0 Å². The zero-order valence-corrected chi connectivity index (χ0v) is 8.54. The van der Waals surface area contributed by atoms with Gasteiger partial charge in [-0.2, -0.15) is 0 Å². The fourth-order valence-electron chi connectivity index (χ4n) is 1.01. The van der Waals surface area contributed by atoms with Gasteiger partial charge in [-0.05, 0) is 0 Å². The topological polar surface area (TPSA) is 176 Å². The van der Waals surface area contributed by atoms with E-state index in [1.807, 2.05) is 0 Å². The van der Waals surface area contributed by atoms with Gasteiger partial charge in [0.05, 0.1) is 6.61 Å². The Balaban J connectivity index is 4.64. The standard InChI is InChI=1S/C8H14O9/c9-1-2(10)3(11)4(12)5(13)6(14)7(15)8(16)17/h2-6,9-14H,1H2,(H,16,17)/t2-,3+,4+,5-,6-/m0/s1. The Morgan fingerprint density at radius 3 is 1.71 bits per heavy atom.